The summed E-state index contributed by atoms with van der Waals surface area (Å²) in [5.74, 6) is 0.536. The molecule has 0 spiro atoms. The van der Waals surface area contributed by atoms with Crippen LogP contribution >= 0.6 is 0 Å². The summed E-state index contributed by atoms with van der Waals surface area (Å²) < 4.78 is 34.0. The first kappa shape index (κ1) is 21.1. The maximum absolute atomic E-state index is 13.2. The highest BCUT2D eigenvalue weighted by molar-refractivity contribution is 7.89. The Morgan fingerprint density at radius 1 is 1.14 bits per heavy atom. The van der Waals surface area contributed by atoms with Crippen LogP contribution in [-0.4, -0.2) is 45.0 Å². The van der Waals surface area contributed by atoms with E-state index in [0.29, 0.717) is 11.5 Å². The number of nitrogens with one attached hydrogen (secondary N) is 1. The van der Waals surface area contributed by atoms with Crippen LogP contribution in [0.4, 0.5) is 0 Å². The van der Waals surface area contributed by atoms with Crippen LogP contribution in [0.25, 0.3) is 0 Å². The van der Waals surface area contributed by atoms with Gasteiger partial charge in [0, 0.05) is 24.2 Å². The molecule has 1 N–H and O–H groups in total. The van der Waals surface area contributed by atoms with Crippen LogP contribution in [0.3, 0.4) is 0 Å². The van der Waals surface area contributed by atoms with Gasteiger partial charge in [0.25, 0.3) is 5.91 Å². The van der Waals surface area contributed by atoms with Crippen molar-refractivity contribution >= 4 is 15.9 Å². The van der Waals surface area contributed by atoms with Crippen molar-refractivity contribution in [2.75, 3.05) is 13.7 Å². The van der Waals surface area contributed by atoms with E-state index in [9.17, 15) is 13.2 Å². The summed E-state index contributed by atoms with van der Waals surface area (Å²) in [6.45, 7) is 4.98. The second-order valence-corrected chi connectivity index (χ2v) is 9.96. The molecule has 0 bridgehead atoms. The Morgan fingerprint density at radius 2 is 1.82 bits per heavy atom. The molecule has 1 atom stereocenters. The Kier molecular flexibility index (Phi) is 6.65. The van der Waals surface area contributed by atoms with E-state index in [4.69, 9.17) is 4.74 Å². The molecule has 1 saturated carbocycles. The molecule has 156 valence electrons. The highest BCUT2D eigenvalue weighted by atomic mass is 32.2. The normalized spacial score (nSPS) is 21.3. The lowest BCUT2D eigenvalue weighted by atomic mass is 9.92. The molecule has 7 heteroatoms. The average Bonchev–Trinajstić information content (AvgIpc) is 3.19. The van der Waals surface area contributed by atoms with Gasteiger partial charge in [-0.15, -0.1) is 0 Å². The van der Waals surface area contributed by atoms with Crippen LogP contribution in [0, 0.1) is 5.92 Å². The van der Waals surface area contributed by atoms with Crippen LogP contribution < -0.4 is 9.46 Å². The molecule has 2 aliphatic rings. The summed E-state index contributed by atoms with van der Waals surface area (Å²) in [7, 11) is -2.30. The maximum Gasteiger partial charge on any atom is 0.254 e. The second kappa shape index (κ2) is 8.82. The minimum Gasteiger partial charge on any atom is -0.495 e. The molecular weight excluding hydrogens is 376 g/mol. The zero-order valence-electron chi connectivity index (χ0n) is 17.1. The standard InChI is InChI=1S/C21H32N2O4S/c1-15(2)18-10-6-7-13-23(18)21(24)16-11-12-19(27-3)20(14-16)28(25,26)22-17-8-4-5-9-17/h11-12,14-15,17-18,22H,4-10,13H2,1-3H3. The Bertz CT molecular complexity index is 801. The molecule has 6 nitrogen and oxygen atoms in total. The van der Waals surface area contributed by atoms with E-state index in [1.165, 1.54) is 13.2 Å². The summed E-state index contributed by atoms with van der Waals surface area (Å²) in [4.78, 5) is 15.2. The minimum atomic E-state index is -3.75. The smallest absolute Gasteiger partial charge is 0.254 e. The van der Waals surface area contributed by atoms with Crippen molar-refractivity contribution in [2.24, 2.45) is 5.92 Å². The maximum atomic E-state index is 13.2. The van der Waals surface area contributed by atoms with Crippen LogP contribution in [0.2, 0.25) is 0 Å². The highest BCUT2D eigenvalue weighted by Crippen LogP contribution is 2.30. The third-order valence-corrected chi connectivity index (χ3v) is 7.50. The van der Waals surface area contributed by atoms with Gasteiger partial charge in [-0.3, -0.25) is 4.79 Å². The van der Waals surface area contributed by atoms with Gasteiger partial charge in [0.05, 0.1) is 7.11 Å². The van der Waals surface area contributed by atoms with E-state index in [-0.39, 0.29) is 28.6 Å². The van der Waals surface area contributed by atoms with Gasteiger partial charge in [-0.05, 0) is 56.2 Å². The molecule has 2 fully saturated rings. The molecule has 0 radical (unpaired) electrons. The van der Waals surface area contributed by atoms with Crippen molar-refractivity contribution in [1.29, 1.82) is 0 Å². The number of likely N-dealkylation sites (tertiary alicyclic amines) is 1. The quantitative estimate of drug-likeness (QED) is 0.781. The number of rotatable bonds is 6. The van der Waals surface area contributed by atoms with E-state index in [0.717, 1.165) is 51.5 Å². The van der Waals surface area contributed by atoms with Gasteiger partial charge in [0.1, 0.15) is 10.6 Å². The van der Waals surface area contributed by atoms with E-state index >= 15 is 0 Å². The van der Waals surface area contributed by atoms with Gasteiger partial charge in [0.2, 0.25) is 10.0 Å². The molecule has 1 unspecified atom stereocenters. The van der Waals surface area contributed by atoms with Gasteiger partial charge in [-0.1, -0.05) is 26.7 Å². The molecular formula is C21H32N2O4S. The first-order chi connectivity index (χ1) is 13.3. The average molecular weight is 409 g/mol. The molecule has 1 aromatic carbocycles. The van der Waals surface area contributed by atoms with Crippen molar-refractivity contribution in [1.82, 2.24) is 9.62 Å². The Labute approximate surface area is 168 Å². The summed E-state index contributed by atoms with van der Waals surface area (Å²) in [6.07, 6.45) is 6.88. The van der Waals surface area contributed by atoms with Crippen molar-refractivity contribution in [2.45, 2.75) is 75.8 Å². The van der Waals surface area contributed by atoms with E-state index in [1.807, 2.05) is 4.90 Å². The molecule has 1 aliphatic heterocycles. The SMILES string of the molecule is COc1ccc(C(=O)N2CCCCC2C(C)C)cc1S(=O)(=O)NC1CCCC1. The lowest BCUT2D eigenvalue weighted by Gasteiger charge is -2.38. The predicted molar refractivity (Wildman–Crippen MR) is 109 cm³/mol. The number of piperidine rings is 1. The van der Waals surface area contributed by atoms with Crippen molar-refractivity contribution in [3.8, 4) is 5.75 Å². The summed E-state index contributed by atoms with van der Waals surface area (Å²) >= 11 is 0. The fraction of sp³-hybridized carbons (Fsp3) is 0.667. The molecule has 1 aromatic rings. The number of amides is 1. The molecule has 0 aromatic heterocycles. The largest absolute Gasteiger partial charge is 0.495 e. The fourth-order valence-electron chi connectivity index (χ4n) is 4.41. The van der Waals surface area contributed by atoms with E-state index in [2.05, 4.69) is 18.6 Å². The molecule has 3 rings (SSSR count). The Hall–Kier alpha value is -1.60. The number of sulfonamides is 1. The topological polar surface area (TPSA) is 75.7 Å². The lowest BCUT2D eigenvalue weighted by molar-refractivity contribution is 0.0543. The number of nitrogens with zero attached hydrogens (tertiary/aromatic N) is 1. The zero-order chi connectivity index (χ0) is 20.3. The van der Waals surface area contributed by atoms with Crippen molar-refractivity contribution in [3.63, 3.8) is 0 Å². The number of methoxy groups -OCH3 is 1. The van der Waals surface area contributed by atoms with Crippen LogP contribution in [0.15, 0.2) is 23.1 Å². The number of benzene rings is 1. The number of carbonyl (C=O) groups excluding carboxylic acids is 1. The van der Waals surface area contributed by atoms with E-state index in [1.54, 1.807) is 12.1 Å². The predicted octanol–water partition coefficient (Wildman–Crippen LogP) is 3.57. The minimum absolute atomic E-state index is 0.0403. The van der Waals surface area contributed by atoms with Gasteiger partial charge in [-0.25, -0.2) is 13.1 Å². The third-order valence-electron chi connectivity index (χ3n) is 5.96. The summed E-state index contributed by atoms with van der Waals surface area (Å²) in [6, 6.07) is 4.89. The van der Waals surface area contributed by atoms with Gasteiger partial charge in [0.15, 0.2) is 0 Å². The van der Waals surface area contributed by atoms with Crippen LogP contribution in [-0.2, 0) is 10.0 Å². The first-order valence-corrected chi connectivity index (χ1v) is 11.8. The van der Waals surface area contributed by atoms with Crippen molar-refractivity contribution in [3.05, 3.63) is 23.8 Å². The zero-order valence-corrected chi connectivity index (χ0v) is 17.9. The number of hydrogen-bond acceptors (Lipinski definition) is 4. The van der Waals surface area contributed by atoms with Gasteiger partial charge < -0.3 is 9.64 Å². The Balaban J connectivity index is 1.90. The Morgan fingerprint density at radius 3 is 2.46 bits per heavy atom. The van der Waals surface area contributed by atoms with Crippen LogP contribution in [0.5, 0.6) is 5.75 Å². The molecule has 1 heterocycles. The second-order valence-electron chi connectivity index (χ2n) is 8.27. The van der Waals surface area contributed by atoms with Gasteiger partial charge >= 0.3 is 0 Å². The van der Waals surface area contributed by atoms with Gasteiger partial charge in [-0.2, -0.15) is 0 Å². The summed E-state index contributed by atoms with van der Waals surface area (Å²) in [5.41, 5.74) is 0.403. The van der Waals surface area contributed by atoms with Crippen molar-refractivity contribution < 1.29 is 17.9 Å². The number of hydrogen-bond donors (Lipinski definition) is 1. The van der Waals surface area contributed by atoms with Crippen LogP contribution in [0.1, 0.15) is 69.2 Å². The number of ether oxygens (including phenoxy) is 1. The third kappa shape index (κ3) is 4.51. The molecule has 28 heavy (non-hydrogen) atoms. The van der Waals surface area contributed by atoms with E-state index < -0.39 is 10.0 Å². The lowest BCUT2D eigenvalue weighted by Crippen LogP contribution is -2.46. The summed E-state index contributed by atoms with van der Waals surface area (Å²) in [5, 5.41) is 0. The molecule has 1 amide bonds. The molecule has 1 saturated heterocycles. The number of carbonyl (C=O) groups is 1. The monoisotopic (exact) mass is 408 g/mol. The molecule has 1 aliphatic carbocycles. The fourth-order valence-corrected chi connectivity index (χ4v) is 5.91. The highest BCUT2D eigenvalue weighted by Gasteiger charge is 2.31. The first-order valence-electron chi connectivity index (χ1n) is 10.3.